The zero-order chi connectivity index (χ0) is 14.4. The minimum absolute atomic E-state index is 0.00377. The molecule has 0 saturated heterocycles. The standard InChI is InChI=1S/C14H20Br2N2OS/c15-11-9-12(20-13(11)16)14(19)18-8-7-17-10-5-3-1-2-4-6-10/h9-10,17H,1-8H2,(H,18,19). The Labute approximate surface area is 141 Å². The van der Waals surface area contributed by atoms with Crippen LogP contribution in [-0.4, -0.2) is 25.0 Å². The molecule has 1 aromatic rings. The summed E-state index contributed by atoms with van der Waals surface area (Å²) in [5.41, 5.74) is 0. The highest BCUT2D eigenvalue weighted by molar-refractivity contribution is 9.13. The number of halogens is 2. The number of nitrogens with one attached hydrogen (secondary N) is 2. The van der Waals surface area contributed by atoms with Crippen LogP contribution in [0.4, 0.5) is 0 Å². The molecule has 1 aliphatic rings. The molecule has 2 N–H and O–H groups in total. The summed E-state index contributed by atoms with van der Waals surface area (Å²) in [6.45, 7) is 1.53. The monoisotopic (exact) mass is 422 g/mol. The van der Waals surface area contributed by atoms with Crippen molar-refractivity contribution in [3.63, 3.8) is 0 Å². The molecule has 0 atom stereocenters. The fourth-order valence-electron chi connectivity index (χ4n) is 2.48. The second-order valence-electron chi connectivity index (χ2n) is 5.13. The van der Waals surface area contributed by atoms with Crippen molar-refractivity contribution >= 4 is 49.1 Å². The molecule has 20 heavy (non-hydrogen) atoms. The van der Waals surface area contributed by atoms with Gasteiger partial charge < -0.3 is 10.6 Å². The van der Waals surface area contributed by atoms with E-state index in [1.165, 1.54) is 49.9 Å². The molecule has 0 radical (unpaired) electrons. The predicted molar refractivity (Wildman–Crippen MR) is 91.5 cm³/mol. The number of thiophene rings is 1. The van der Waals surface area contributed by atoms with Gasteiger partial charge in [-0.05, 0) is 50.8 Å². The van der Waals surface area contributed by atoms with Crippen molar-refractivity contribution in [2.75, 3.05) is 13.1 Å². The molecule has 0 aliphatic heterocycles. The number of amides is 1. The molecule has 112 valence electrons. The Hall–Kier alpha value is 0.0900. The van der Waals surface area contributed by atoms with Crippen molar-refractivity contribution in [2.45, 2.75) is 44.6 Å². The highest BCUT2D eigenvalue weighted by Crippen LogP contribution is 2.32. The lowest BCUT2D eigenvalue weighted by Crippen LogP contribution is -2.36. The molecule has 3 nitrogen and oxygen atoms in total. The molecule has 0 unspecified atom stereocenters. The third-order valence-electron chi connectivity index (χ3n) is 3.57. The summed E-state index contributed by atoms with van der Waals surface area (Å²) in [5.74, 6) is 0.00377. The minimum atomic E-state index is 0.00377. The van der Waals surface area contributed by atoms with E-state index in [-0.39, 0.29) is 5.91 Å². The molecule has 2 rings (SSSR count). The lowest BCUT2D eigenvalue weighted by molar-refractivity contribution is 0.0957. The van der Waals surface area contributed by atoms with Gasteiger partial charge in [0.05, 0.1) is 8.66 Å². The first-order chi connectivity index (χ1) is 9.66. The molecule has 0 spiro atoms. The van der Waals surface area contributed by atoms with Crippen LogP contribution >= 0.6 is 43.2 Å². The van der Waals surface area contributed by atoms with Crippen LogP contribution < -0.4 is 10.6 Å². The maximum atomic E-state index is 11.9. The van der Waals surface area contributed by atoms with E-state index < -0.39 is 0 Å². The summed E-state index contributed by atoms with van der Waals surface area (Å²) >= 11 is 8.25. The first kappa shape index (κ1) is 16.5. The van der Waals surface area contributed by atoms with Gasteiger partial charge in [0.2, 0.25) is 0 Å². The molecule has 1 fully saturated rings. The van der Waals surface area contributed by atoms with Crippen molar-refractivity contribution in [3.8, 4) is 0 Å². The largest absolute Gasteiger partial charge is 0.350 e. The fourth-order valence-corrected chi connectivity index (χ4v) is 4.43. The van der Waals surface area contributed by atoms with Gasteiger partial charge in [0, 0.05) is 23.6 Å². The third kappa shape index (κ3) is 5.13. The molecular weight excluding hydrogens is 404 g/mol. The van der Waals surface area contributed by atoms with Crippen LogP contribution in [0.1, 0.15) is 48.2 Å². The Morgan fingerprint density at radius 1 is 1.20 bits per heavy atom. The van der Waals surface area contributed by atoms with Crippen LogP contribution in [0.15, 0.2) is 14.3 Å². The first-order valence-electron chi connectivity index (χ1n) is 7.13. The molecule has 1 heterocycles. The number of rotatable bonds is 5. The third-order valence-corrected chi connectivity index (χ3v) is 6.82. The van der Waals surface area contributed by atoms with E-state index in [1.54, 1.807) is 0 Å². The zero-order valence-corrected chi connectivity index (χ0v) is 15.4. The lowest BCUT2D eigenvalue weighted by atomic mass is 10.1. The topological polar surface area (TPSA) is 41.1 Å². The van der Waals surface area contributed by atoms with Crippen molar-refractivity contribution in [1.82, 2.24) is 10.6 Å². The summed E-state index contributed by atoms with van der Waals surface area (Å²) in [5, 5.41) is 6.52. The number of hydrogen-bond donors (Lipinski definition) is 2. The van der Waals surface area contributed by atoms with Gasteiger partial charge in [-0.1, -0.05) is 25.7 Å². The molecule has 1 aliphatic carbocycles. The van der Waals surface area contributed by atoms with Gasteiger partial charge >= 0.3 is 0 Å². The quantitative estimate of drug-likeness (QED) is 0.547. The first-order valence-corrected chi connectivity index (χ1v) is 9.53. The maximum Gasteiger partial charge on any atom is 0.261 e. The van der Waals surface area contributed by atoms with Crippen LogP contribution in [0.3, 0.4) is 0 Å². The molecular formula is C14H20Br2N2OS. The van der Waals surface area contributed by atoms with Gasteiger partial charge in [-0.3, -0.25) is 4.79 Å². The Bertz CT molecular complexity index is 423. The summed E-state index contributed by atoms with van der Waals surface area (Å²) in [7, 11) is 0. The van der Waals surface area contributed by atoms with E-state index in [9.17, 15) is 4.79 Å². The summed E-state index contributed by atoms with van der Waals surface area (Å²) < 4.78 is 1.89. The molecule has 1 aromatic heterocycles. The summed E-state index contributed by atoms with van der Waals surface area (Å²) in [4.78, 5) is 12.7. The highest BCUT2D eigenvalue weighted by atomic mass is 79.9. The maximum absolute atomic E-state index is 11.9. The van der Waals surface area contributed by atoms with Crippen LogP contribution in [0, 0.1) is 0 Å². The fraction of sp³-hybridized carbons (Fsp3) is 0.643. The van der Waals surface area contributed by atoms with Gasteiger partial charge in [0.1, 0.15) is 0 Å². The Morgan fingerprint density at radius 2 is 1.90 bits per heavy atom. The number of carbonyl (C=O) groups excluding carboxylic acids is 1. The van der Waals surface area contributed by atoms with Gasteiger partial charge in [-0.2, -0.15) is 0 Å². The van der Waals surface area contributed by atoms with Crippen LogP contribution in [0.2, 0.25) is 0 Å². The smallest absolute Gasteiger partial charge is 0.261 e. The summed E-state index contributed by atoms with van der Waals surface area (Å²) in [6, 6.07) is 2.49. The average molecular weight is 424 g/mol. The number of hydrogen-bond acceptors (Lipinski definition) is 3. The predicted octanol–water partition coefficient (Wildman–Crippen LogP) is 4.32. The Kier molecular flexibility index (Phi) is 7.01. The SMILES string of the molecule is O=C(NCCNC1CCCCCC1)c1cc(Br)c(Br)s1. The van der Waals surface area contributed by atoms with Crippen molar-refractivity contribution in [2.24, 2.45) is 0 Å². The van der Waals surface area contributed by atoms with E-state index in [0.29, 0.717) is 12.6 Å². The highest BCUT2D eigenvalue weighted by Gasteiger charge is 2.13. The van der Waals surface area contributed by atoms with Crippen molar-refractivity contribution in [3.05, 3.63) is 19.2 Å². The number of carbonyl (C=O) groups is 1. The molecule has 1 saturated carbocycles. The van der Waals surface area contributed by atoms with Gasteiger partial charge in [-0.15, -0.1) is 11.3 Å². The second kappa shape index (κ2) is 8.51. The van der Waals surface area contributed by atoms with Gasteiger partial charge in [0.25, 0.3) is 5.91 Å². The average Bonchev–Trinajstić information content (AvgIpc) is 2.66. The van der Waals surface area contributed by atoms with E-state index in [1.807, 2.05) is 6.07 Å². The van der Waals surface area contributed by atoms with Crippen LogP contribution in [0.25, 0.3) is 0 Å². The van der Waals surface area contributed by atoms with E-state index >= 15 is 0 Å². The lowest BCUT2D eigenvalue weighted by Gasteiger charge is -2.16. The zero-order valence-electron chi connectivity index (χ0n) is 11.4. The minimum Gasteiger partial charge on any atom is -0.350 e. The summed E-state index contributed by atoms with van der Waals surface area (Å²) in [6.07, 6.45) is 7.97. The van der Waals surface area contributed by atoms with Crippen molar-refractivity contribution < 1.29 is 4.79 Å². The van der Waals surface area contributed by atoms with Crippen molar-refractivity contribution in [1.29, 1.82) is 0 Å². The van der Waals surface area contributed by atoms with Crippen LogP contribution in [-0.2, 0) is 0 Å². The van der Waals surface area contributed by atoms with E-state index in [4.69, 9.17) is 0 Å². The Morgan fingerprint density at radius 3 is 2.50 bits per heavy atom. The van der Waals surface area contributed by atoms with Gasteiger partial charge in [0.15, 0.2) is 0 Å². The van der Waals surface area contributed by atoms with E-state index in [2.05, 4.69) is 42.5 Å². The molecule has 0 aromatic carbocycles. The van der Waals surface area contributed by atoms with Crippen LogP contribution in [0.5, 0.6) is 0 Å². The second-order valence-corrected chi connectivity index (χ2v) is 8.36. The molecule has 6 heteroatoms. The van der Waals surface area contributed by atoms with Gasteiger partial charge in [-0.25, -0.2) is 0 Å². The van der Waals surface area contributed by atoms with E-state index in [0.717, 1.165) is 19.7 Å². The molecule has 1 amide bonds. The Balaban J connectivity index is 1.66. The normalized spacial score (nSPS) is 16.9. The molecule has 0 bridgehead atoms.